The maximum absolute atomic E-state index is 12.3. The number of amides is 1. The Balaban J connectivity index is 1.79. The van der Waals surface area contributed by atoms with Gasteiger partial charge < -0.3 is 24.8 Å². The molecule has 0 aromatic carbocycles. The molecule has 0 atom stereocenters. The van der Waals surface area contributed by atoms with Gasteiger partial charge in [0.05, 0.1) is 0 Å². The summed E-state index contributed by atoms with van der Waals surface area (Å²) < 4.78 is 9.84. The van der Waals surface area contributed by atoms with E-state index in [9.17, 15) is 4.79 Å². The average molecular weight is 426 g/mol. The van der Waals surface area contributed by atoms with Gasteiger partial charge in [0, 0.05) is 70.8 Å². The Hall–Kier alpha value is -2.10. The molecule has 0 saturated carbocycles. The van der Waals surface area contributed by atoms with Crippen molar-refractivity contribution in [1.82, 2.24) is 24.5 Å². The molecule has 2 rings (SSSR count). The number of aliphatic imine (C=N–C) groups is 1. The standard InChI is InChI=1S/C19H35N7O2S/c1-7-15-22-17(29-23-15)26-13-11-25(12-14-26)16(20-6)21-9-10-24(8-2)18(27)28-19(3,4)5/h7-14H2,1-6H3,(H,20,21). The highest BCUT2D eigenvalue weighted by Crippen LogP contribution is 2.19. The minimum absolute atomic E-state index is 0.283. The van der Waals surface area contributed by atoms with Crippen molar-refractivity contribution in [2.75, 3.05) is 57.8 Å². The summed E-state index contributed by atoms with van der Waals surface area (Å²) in [5.74, 6) is 1.77. The van der Waals surface area contributed by atoms with Gasteiger partial charge in [-0.15, -0.1) is 0 Å². The lowest BCUT2D eigenvalue weighted by atomic mass is 10.2. The van der Waals surface area contributed by atoms with Crippen molar-refractivity contribution >= 4 is 28.7 Å². The third kappa shape index (κ3) is 7.02. The number of ether oxygens (including phenoxy) is 1. The van der Waals surface area contributed by atoms with Crippen LogP contribution in [0, 0.1) is 0 Å². The highest BCUT2D eigenvalue weighted by molar-refractivity contribution is 7.09. The van der Waals surface area contributed by atoms with E-state index in [2.05, 4.69) is 36.4 Å². The lowest BCUT2D eigenvalue weighted by molar-refractivity contribution is 0.0263. The number of carbonyl (C=O) groups excluding carboxylic acids is 1. The summed E-state index contributed by atoms with van der Waals surface area (Å²) in [6, 6.07) is 0. The summed E-state index contributed by atoms with van der Waals surface area (Å²) in [4.78, 5) is 27.5. The molecule has 29 heavy (non-hydrogen) atoms. The molecule has 9 nitrogen and oxygen atoms in total. The molecule has 1 aliphatic heterocycles. The van der Waals surface area contributed by atoms with Crippen LogP contribution in [0.2, 0.25) is 0 Å². The van der Waals surface area contributed by atoms with E-state index in [4.69, 9.17) is 4.74 Å². The maximum atomic E-state index is 12.3. The number of aryl methyl sites for hydroxylation is 1. The second kappa shape index (κ2) is 10.6. The molecule has 1 amide bonds. The average Bonchev–Trinajstić information content (AvgIpc) is 3.16. The van der Waals surface area contributed by atoms with Crippen molar-refractivity contribution in [2.45, 2.75) is 46.6 Å². The van der Waals surface area contributed by atoms with Gasteiger partial charge in [0.1, 0.15) is 11.4 Å². The monoisotopic (exact) mass is 425 g/mol. The molecule has 0 radical (unpaired) electrons. The molecule has 0 bridgehead atoms. The van der Waals surface area contributed by atoms with E-state index < -0.39 is 5.60 Å². The van der Waals surface area contributed by atoms with Crippen molar-refractivity contribution in [3.8, 4) is 0 Å². The molecule has 1 fully saturated rings. The summed E-state index contributed by atoms with van der Waals surface area (Å²) in [5, 5.41) is 4.37. The maximum Gasteiger partial charge on any atom is 0.410 e. The fraction of sp³-hybridized carbons (Fsp3) is 0.789. The number of anilines is 1. The van der Waals surface area contributed by atoms with Gasteiger partial charge in [-0.1, -0.05) is 6.92 Å². The topological polar surface area (TPSA) is 86.2 Å². The van der Waals surface area contributed by atoms with Crippen LogP contribution in [0.15, 0.2) is 4.99 Å². The number of piperazine rings is 1. The van der Waals surface area contributed by atoms with Gasteiger partial charge in [0.15, 0.2) is 5.96 Å². The Morgan fingerprint density at radius 3 is 2.48 bits per heavy atom. The molecule has 1 aromatic rings. The molecule has 0 spiro atoms. The van der Waals surface area contributed by atoms with E-state index in [0.717, 1.165) is 49.5 Å². The smallest absolute Gasteiger partial charge is 0.410 e. The molecular weight excluding hydrogens is 390 g/mol. The first kappa shape index (κ1) is 23.2. The number of likely N-dealkylation sites (N-methyl/N-ethyl adjacent to an activating group) is 1. The highest BCUT2D eigenvalue weighted by Gasteiger charge is 2.23. The van der Waals surface area contributed by atoms with Gasteiger partial charge in [-0.3, -0.25) is 4.99 Å². The fourth-order valence-corrected chi connectivity index (χ4v) is 3.77. The molecule has 0 aliphatic carbocycles. The quantitative estimate of drug-likeness (QED) is 0.551. The Morgan fingerprint density at radius 2 is 1.97 bits per heavy atom. The minimum Gasteiger partial charge on any atom is -0.444 e. The Labute approximate surface area is 178 Å². The van der Waals surface area contributed by atoms with Gasteiger partial charge >= 0.3 is 6.09 Å². The molecule has 164 valence electrons. The van der Waals surface area contributed by atoms with Crippen LogP contribution in [0.4, 0.5) is 9.93 Å². The summed E-state index contributed by atoms with van der Waals surface area (Å²) in [5.41, 5.74) is -0.488. The number of guanidine groups is 1. The lowest BCUT2D eigenvalue weighted by Crippen LogP contribution is -2.53. The molecule has 1 aromatic heterocycles. The van der Waals surface area contributed by atoms with Crippen molar-refractivity contribution in [2.24, 2.45) is 4.99 Å². The molecule has 1 N–H and O–H groups in total. The first-order valence-corrected chi connectivity index (χ1v) is 11.1. The van der Waals surface area contributed by atoms with E-state index in [1.54, 1.807) is 11.9 Å². The lowest BCUT2D eigenvalue weighted by Gasteiger charge is -2.36. The number of carbonyl (C=O) groups is 1. The van der Waals surface area contributed by atoms with E-state index in [1.165, 1.54) is 11.5 Å². The van der Waals surface area contributed by atoms with Gasteiger partial charge in [-0.05, 0) is 27.7 Å². The van der Waals surface area contributed by atoms with Crippen LogP contribution in [0.1, 0.15) is 40.4 Å². The van der Waals surface area contributed by atoms with Crippen molar-refractivity contribution < 1.29 is 9.53 Å². The van der Waals surface area contributed by atoms with Crippen LogP contribution in [-0.2, 0) is 11.2 Å². The number of nitrogens with zero attached hydrogens (tertiary/aromatic N) is 6. The SMILES string of the molecule is CCc1nsc(N2CCN(C(=NC)NCCN(CC)C(=O)OC(C)(C)C)CC2)n1. The Kier molecular flexibility index (Phi) is 8.48. The zero-order valence-electron chi connectivity index (χ0n) is 18.6. The highest BCUT2D eigenvalue weighted by atomic mass is 32.1. The third-order valence-electron chi connectivity index (χ3n) is 4.53. The van der Waals surface area contributed by atoms with Crippen LogP contribution in [0.25, 0.3) is 0 Å². The number of hydrogen-bond acceptors (Lipinski definition) is 7. The molecular formula is C19H35N7O2S. The van der Waals surface area contributed by atoms with E-state index in [1.807, 2.05) is 27.7 Å². The van der Waals surface area contributed by atoms with Crippen LogP contribution in [-0.4, -0.2) is 89.7 Å². The molecule has 1 saturated heterocycles. The van der Waals surface area contributed by atoms with Crippen molar-refractivity contribution in [3.05, 3.63) is 5.82 Å². The van der Waals surface area contributed by atoms with E-state index in [-0.39, 0.29) is 6.09 Å². The largest absolute Gasteiger partial charge is 0.444 e. The number of hydrogen-bond donors (Lipinski definition) is 1. The van der Waals surface area contributed by atoms with Crippen molar-refractivity contribution in [1.29, 1.82) is 0 Å². The summed E-state index contributed by atoms with van der Waals surface area (Å²) >= 11 is 1.47. The second-order valence-corrected chi connectivity index (χ2v) is 8.59. The Bertz CT molecular complexity index is 678. The fourth-order valence-electron chi connectivity index (χ4n) is 2.97. The van der Waals surface area contributed by atoms with Gasteiger partial charge in [-0.2, -0.15) is 4.37 Å². The van der Waals surface area contributed by atoms with Crippen LogP contribution in [0.3, 0.4) is 0 Å². The summed E-state index contributed by atoms with van der Waals surface area (Å²) in [6.07, 6.45) is 0.583. The van der Waals surface area contributed by atoms with Crippen LogP contribution < -0.4 is 10.2 Å². The molecule has 10 heteroatoms. The summed E-state index contributed by atoms with van der Waals surface area (Å²) in [7, 11) is 1.79. The second-order valence-electron chi connectivity index (χ2n) is 7.85. The van der Waals surface area contributed by atoms with Crippen LogP contribution in [0.5, 0.6) is 0 Å². The predicted octanol–water partition coefficient (Wildman–Crippen LogP) is 2.05. The Morgan fingerprint density at radius 1 is 1.28 bits per heavy atom. The minimum atomic E-state index is -0.488. The van der Waals surface area contributed by atoms with Gasteiger partial charge in [0.2, 0.25) is 5.13 Å². The number of nitrogens with one attached hydrogen (secondary N) is 1. The zero-order valence-corrected chi connectivity index (χ0v) is 19.4. The first-order valence-electron chi connectivity index (χ1n) is 10.3. The normalized spacial score (nSPS) is 15.4. The molecule has 1 aliphatic rings. The summed E-state index contributed by atoms with van der Waals surface area (Å²) in [6.45, 7) is 15.0. The number of rotatable bonds is 6. The predicted molar refractivity (Wildman–Crippen MR) is 118 cm³/mol. The van der Waals surface area contributed by atoms with Crippen molar-refractivity contribution in [3.63, 3.8) is 0 Å². The van der Waals surface area contributed by atoms with E-state index >= 15 is 0 Å². The molecule has 0 unspecified atom stereocenters. The van der Waals surface area contributed by atoms with Crippen LogP contribution >= 0.6 is 11.5 Å². The van der Waals surface area contributed by atoms with Gasteiger partial charge in [-0.25, -0.2) is 9.78 Å². The number of aromatic nitrogens is 2. The first-order chi connectivity index (χ1) is 13.8. The van der Waals surface area contributed by atoms with Gasteiger partial charge in [0.25, 0.3) is 0 Å². The molecule has 2 heterocycles. The third-order valence-corrected chi connectivity index (χ3v) is 5.35. The van der Waals surface area contributed by atoms with E-state index in [0.29, 0.717) is 19.6 Å². The zero-order chi connectivity index (χ0) is 21.4.